The van der Waals surface area contributed by atoms with Crippen molar-refractivity contribution in [3.63, 3.8) is 0 Å². The first-order valence-electron chi connectivity index (χ1n) is 8.95. The highest BCUT2D eigenvalue weighted by molar-refractivity contribution is 5.86. The SMILES string of the molecule is O=C(OCC(=CO)c1ccccc1)C(O)(c1cc(F)cc(F)c1)c1cc(F)cc(F)c1. The predicted octanol–water partition coefficient (Wildman–Crippen LogP) is 4.62. The zero-order chi connectivity index (χ0) is 22.6. The number of carbonyl (C=O) groups excluding carboxylic acids is 1. The van der Waals surface area contributed by atoms with Gasteiger partial charge >= 0.3 is 5.97 Å². The maximum atomic E-state index is 13.8. The Bertz CT molecular complexity index is 1040. The summed E-state index contributed by atoms with van der Waals surface area (Å²) in [7, 11) is 0. The van der Waals surface area contributed by atoms with Crippen LogP contribution in [0.1, 0.15) is 16.7 Å². The van der Waals surface area contributed by atoms with E-state index in [-0.39, 0.29) is 5.57 Å². The molecule has 0 saturated heterocycles. The Hall–Kier alpha value is -3.65. The number of halogens is 4. The molecule has 0 heterocycles. The average molecular weight is 432 g/mol. The number of carbonyl (C=O) groups is 1. The van der Waals surface area contributed by atoms with Crippen molar-refractivity contribution in [2.45, 2.75) is 5.60 Å². The Balaban J connectivity index is 2.02. The standard InChI is InChI=1S/C23H16F4O4/c24-18-6-16(7-19(25)10-18)23(30,17-8-20(26)11-21(27)9-17)22(29)31-13-15(12-28)14-4-2-1-3-5-14/h1-12,28,30H,13H2. The lowest BCUT2D eigenvalue weighted by atomic mass is 9.86. The highest BCUT2D eigenvalue weighted by Gasteiger charge is 2.43. The molecule has 0 aromatic heterocycles. The van der Waals surface area contributed by atoms with Crippen LogP contribution in [0.4, 0.5) is 17.6 Å². The zero-order valence-corrected chi connectivity index (χ0v) is 15.9. The van der Waals surface area contributed by atoms with Crippen LogP contribution in [-0.4, -0.2) is 22.8 Å². The highest BCUT2D eigenvalue weighted by atomic mass is 19.1. The predicted molar refractivity (Wildman–Crippen MR) is 104 cm³/mol. The molecule has 4 nitrogen and oxygen atoms in total. The maximum Gasteiger partial charge on any atom is 0.348 e. The fourth-order valence-electron chi connectivity index (χ4n) is 3.02. The van der Waals surface area contributed by atoms with Crippen molar-refractivity contribution in [3.05, 3.63) is 113 Å². The number of hydrogen-bond acceptors (Lipinski definition) is 4. The number of esters is 1. The van der Waals surface area contributed by atoms with E-state index < -0.39 is 52.6 Å². The molecule has 0 saturated carbocycles. The molecule has 0 amide bonds. The van der Waals surface area contributed by atoms with Gasteiger partial charge in [0.25, 0.3) is 0 Å². The fourth-order valence-corrected chi connectivity index (χ4v) is 3.02. The van der Waals surface area contributed by atoms with E-state index in [1.165, 1.54) is 0 Å². The molecule has 8 heteroatoms. The first kappa shape index (κ1) is 22.0. The molecular formula is C23H16F4O4. The van der Waals surface area contributed by atoms with Crippen molar-refractivity contribution < 1.29 is 37.3 Å². The molecule has 0 aliphatic carbocycles. The van der Waals surface area contributed by atoms with Crippen LogP contribution in [0.2, 0.25) is 0 Å². The topological polar surface area (TPSA) is 66.8 Å². The number of ether oxygens (including phenoxy) is 1. The molecule has 0 spiro atoms. The number of benzene rings is 3. The average Bonchev–Trinajstić information content (AvgIpc) is 2.72. The van der Waals surface area contributed by atoms with Crippen molar-refractivity contribution in [1.82, 2.24) is 0 Å². The smallest absolute Gasteiger partial charge is 0.348 e. The van der Waals surface area contributed by atoms with Crippen LogP contribution < -0.4 is 0 Å². The van der Waals surface area contributed by atoms with Crippen molar-refractivity contribution in [3.8, 4) is 0 Å². The zero-order valence-electron chi connectivity index (χ0n) is 15.9. The second-order valence-corrected chi connectivity index (χ2v) is 6.62. The van der Waals surface area contributed by atoms with Gasteiger partial charge in [0.1, 0.15) is 29.9 Å². The van der Waals surface area contributed by atoms with Crippen LogP contribution in [-0.2, 0) is 15.1 Å². The van der Waals surface area contributed by atoms with Gasteiger partial charge in [-0.05, 0) is 29.8 Å². The largest absolute Gasteiger partial charge is 0.515 e. The van der Waals surface area contributed by atoms with Crippen LogP contribution >= 0.6 is 0 Å². The number of aliphatic hydroxyl groups excluding tert-OH is 1. The van der Waals surface area contributed by atoms with Crippen molar-refractivity contribution in [2.75, 3.05) is 6.61 Å². The summed E-state index contributed by atoms with van der Waals surface area (Å²) in [6, 6.07) is 11.9. The molecule has 3 rings (SSSR count). The van der Waals surface area contributed by atoms with E-state index in [4.69, 9.17) is 4.74 Å². The van der Waals surface area contributed by atoms with E-state index >= 15 is 0 Å². The quantitative estimate of drug-likeness (QED) is 0.339. The van der Waals surface area contributed by atoms with E-state index in [9.17, 15) is 32.6 Å². The van der Waals surface area contributed by atoms with E-state index in [0.29, 0.717) is 48.2 Å². The summed E-state index contributed by atoms with van der Waals surface area (Å²) in [5.41, 5.74) is -3.56. The van der Waals surface area contributed by atoms with Gasteiger partial charge in [-0.25, -0.2) is 22.4 Å². The minimum absolute atomic E-state index is 0.146. The molecule has 0 unspecified atom stereocenters. The van der Waals surface area contributed by atoms with Gasteiger partial charge in [0.05, 0.1) is 6.26 Å². The number of hydrogen-bond donors (Lipinski definition) is 2. The molecule has 160 valence electrons. The van der Waals surface area contributed by atoms with Crippen LogP contribution in [0.15, 0.2) is 73.0 Å². The summed E-state index contributed by atoms with van der Waals surface area (Å²) in [4.78, 5) is 12.9. The molecule has 3 aromatic rings. The summed E-state index contributed by atoms with van der Waals surface area (Å²) in [5, 5.41) is 20.6. The lowest BCUT2D eigenvalue weighted by molar-refractivity contribution is -0.160. The lowest BCUT2D eigenvalue weighted by Crippen LogP contribution is -2.39. The molecule has 3 aromatic carbocycles. The van der Waals surface area contributed by atoms with E-state index in [0.717, 1.165) is 0 Å². The van der Waals surface area contributed by atoms with E-state index in [1.807, 2.05) is 0 Å². The summed E-state index contributed by atoms with van der Waals surface area (Å²) < 4.78 is 60.2. The van der Waals surface area contributed by atoms with Gasteiger partial charge in [0, 0.05) is 28.8 Å². The van der Waals surface area contributed by atoms with E-state index in [1.54, 1.807) is 30.3 Å². The third-order valence-corrected chi connectivity index (χ3v) is 4.52. The van der Waals surface area contributed by atoms with Crippen LogP contribution in [0.5, 0.6) is 0 Å². The van der Waals surface area contributed by atoms with Crippen molar-refractivity contribution in [2.24, 2.45) is 0 Å². The Morgan fingerprint density at radius 1 is 0.839 bits per heavy atom. The summed E-state index contributed by atoms with van der Waals surface area (Å²) >= 11 is 0. The summed E-state index contributed by atoms with van der Waals surface area (Å²) in [6.07, 6.45) is 0.686. The molecule has 0 bridgehead atoms. The molecule has 0 aliphatic heterocycles. The second-order valence-electron chi connectivity index (χ2n) is 6.62. The molecule has 0 aliphatic rings. The third-order valence-electron chi connectivity index (χ3n) is 4.52. The summed E-state index contributed by atoms with van der Waals surface area (Å²) in [6.45, 7) is -0.544. The number of rotatable bonds is 6. The van der Waals surface area contributed by atoms with E-state index in [2.05, 4.69) is 0 Å². The molecule has 0 radical (unpaired) electrons. The van der Waals surface area contributed by atoms with Gasteiger partial charge in [0.2, 0.25) is 5.60 Å². The minimum atomic E-state index is -2.94. The van der Waals surface area contributed by atoms with Crippen molar-refractivity contribution >= 4 is 11.5 Å². The Morgan fingerprint density at radius 2 is 1.29 bits per heavy atom. The Labute approximate surface area is 174 Å². The molecule has 31 heavy (non-hydrogen) atoms. The fraction of sp³-hybridized carbons (Fsp3) is 0.0870. The van der Waals surface area contributed by atoms with Gasteiger partial charge in [-0.2, -0.15) is 0 Å². The van der Waals surface area contributed by atoms with Gasteiger partial charge in [-0.1, -0.05) is 30.3 Å². The normalized spacial score (nSPS) is 12.0. The second kappa shape index (κ2) is 9.01. The van der Waals surface area contributed by atoms with Gasteiger partial charge < -0.3 is 14.9 Å². The Morgan fingerprint density at radius 3 is 1.71 bits per heavy atom. The monoisotopic (exact) mass is 432 g/mol. The molecule has 0 fully saturated rings. The molecular weight excluding hydrogens is 416 g/mol. The molecule has 0 atom stereocenters. The maximum absolute atomic E-state index is 13.8. The minimum Gasteiger partial charge on any atom is -0.515 e. The third kappa shape index (κ3) is 4.75. The van der Waals surface area contributed by atoms with Crippen LogP contribution in [0.25, 0.3) is 5.57 Å². The van der Waals surface area contributed by atoms with Crippen molar-refractivity contribution in [1.29, 1.82) is 0 Å². The van der Waals surface area contributed by atoms with Gasteiger partial charge in [-0.15, -0.1) is 0 Å². The van der Waals surface area contributed by atoms with Gasteiger partial charge in [-0.3, -0.25) is 0 Å². The summed E-state index contributed by atoms with van der Waals surface area (Å²) in [5.74, 6) is -5.97. The molecule has 2 N–H and O–H groups in total. The first-order chi connectivity index (χ1) is 14.7. The number of aliphatic hydroxyl groups is 2. The first-order valence-corrected chi connectivity index (χ1v) is 8.95. The highest BCUT2D eigenvalue weighted by Crippen LogP contribution is 2.33. The van der Waals surface area contributed by atoms with Crippen LogP contribution in [0.3, 0.4) is 0 Å². The lowest BCUT2D eigenvalue weighted by Gasteiger charge is -2.27. The van der Waals surface area contributed by atoms with Crippen LogP contribution in [0, 0.1) is 23.3 Å². The van der Waals surface area contributed by atoms with Gasteiger partial charge in [0.15, 0.2) is 0 Å². The Kier molecular flexibility index (Phi) is 6.41.